The molecule has 0 spiro atoms. The zero-order valence-corrected chi connectivity index (χ0v) is 18.9. The first-order valence-electron chi connectivity index (χ1n) is 9.98. The van der Waals surface area contributed by atoms with E-state index in [0.717, 1.165) is 27.6 Å². The lowest BCUT2D eigenvalue weighted by molar-refractivity contribution is 0.597. The van der Waals surface area contributed by atoms with Crippen molar-refractivity contribution in [2.75, 3.05) is 0 Å². The van der Waals surface area contributed by atoms with Gasteiger partial charge in [-0.05, 0) is 65.1 Å². The Labute approximate surface area is 182 Å². The zero-order valence-electron chi connectivity index (χ0n) is 17.2. The minimum atomic E-state index is 0.0431. The molecule has 0 aliphatic rings. The third kappa shape index (κ3) is 2.55. The van der Waals surface area contributed by atoms with Gasteiger partial charge in [0.05, 0.1) is 11.1 Å². The quantitative estimate of drug-likeness (QED) is 0.266. The molecule has 6 rings (SSSR count). The van der Waals surface area contributed by atoms with Gasteiger partial charge in [0.15, 0.2) is 0 Å². The molecule has 0 saturated carbocycles. The Morgan fingerprint density at radius 1 is 0.967 bits per heavy atom. The molecule has 2 aromatic carbocycles. The molecule has 4 aromatic heterocycles. The highest BCUT2D eigenvalue weighted by Crippen LogP contribution is 2.43. The second-order valence-corrected chi connectivity index (χ2v) is 11.0. The van der Waals surface area contributed by atoms with Crippen LogP contribution in [0.3, 0.4) is 0 Å². The summed E-state index contributed by atoms with van der Waals surface area (Å²) in [6, 6.07) is 13.2. The van der Waals surface area contributed by atoms with E-state index in [1.807, 2.05) is 22.7 Å². The average Bonchev–Trinajstić information content (AvgIpc) is 3.40. The Bertz CT molecular complexity index is 1590. The van der Waals surface area contributed by atoms with Gasteiger partial charge in [-0.3, -0.25) is 0 Å². The number of nitrogens with zero attached hydrogens (tertiary/aromatic N) is 2. The second-order valence-electron chi connectivity index (χ2n) is 8.82. The molecule has 0 fully saturated rings. The lowest BCUT2D eigenvalue weighted by Gasteiger charge is -2.21. The van der Waals surface area contributed by atoms with Gasteiger partial charge in [-0.2, -0.15) is 0 Å². The number of aryl methyl sites for hydroxylation is 1. The van der Waals surface area contributed by atoms with Crippen molar-refractivity contribution in [1.82, 2.24) is 9.97 Å². The number of aromatic nitrogens is 2. The number of hydrogen-bond donors (Lipinski definition) is 0. The Kier molecular flexibility index (Phi) is 3.68. The Hall–Kier alpha value is -2.76. The molecule has 30 heavy (non-hydrogen) atoms. The maximum absolute atomic E-state index is 6.16. The summed E-state index contributed by atoms with van der Waals surface area (Å²) in [6.45, 7) is 8.96. The van der Waals surface area contributed by atoms with Crippen LogP contribution < -0.4 is 0 Å². The highest BCUT2D eigenvalue weighted by molar-refractivity contribution is 7.19. The maximum atomic E-state index is 6.16. The number of rotatable bonds is 1. The van der Waals surface area contributed by atoms with Crippen LogP contribution in [0.1, 0.15) is 31.2 Å². The van der Waals surface area contributed by atoms with Gasteiger partial charge in [0.2, 0.25) is 5.71 Å². The molecule has 4 heterocycles. The van der Waals surface area contributed by atoms with Crippen LogP contribution >= 0.6 is 22.7 Å². The van der Waals surface area contributed by atoms with Crippen LogP contribution in [0.2, 0.25) is 0 Å². The third-order valence-corrected chi connectivity index (χ3v) is 7.67. The molecular weight excluding hydrogens is 408 g/mol. The molecule has 0 unspecified atom stereocenters. The van der Waals surface area contributed by atoms with E-state index in [1.54, 1.807) is 6.33 Å². The van der Waals surface area contributed by atoms with Crippen molar-refractivity contribution in [3.05, 3.63) is 58.5 Å². The third-order valence-electron chi connectivity index (χ3n) is 5.69. The predicted molar refractivity (Wildman–Crippen MR) is 129 cm³/mol. The zero-order chi connectivity index (χ0) is 20.6. The monoisotopic (exact) mass is 428 g/mol. The number of fused-ring (bicyclic) bond motifs is 6. The van der Waals surface area contributed by atoms with E-state index in [9.17, 15) is 0 Å². The van der Waals surface area contributed by atoms with Gasteiger partial charge in [-0.25, -0.2) is 9.97 Å². The molecule has 6 aromatic rings. The van der Waals surface area contributed by atoms with Crippen LogP contribution in [0.15, 0.2) is 52.5 Å². The van der Waals surface area contributed by atoms with E-state index in [4.69, 9.17) is 9.40 Å². The number of furan rings is 1. The topological polar surface area (TPSA) is 38.9 Å². The summed E-state index contributed by atoms with van der Waals surface area (Å²) in [5, 5.41) is 6.77. The summed E-state index contributed by atoms with van der Waals surface area (Å²) < 4.78 is 8.77. The summed E-state index contributed by atoms with van der Waals surface area (Å²) in [4.78, 5) is 10.5. The van der Waals surface area contributed by atoms with E-state index in [-0.39, 0.29) is 5.41 Å². The highest BCUT2D eigenvalue weighted by atomic mass is 32.1. The van der Waals surface area contributed by atoms with Gasteiger partial charge in [0, 0.05) is 30.6 Å². The largest absolute Gasteiger partial charge is 0.438 e. The summed E-state index contributed by atoms with van der Waals surface area (Å²) in [5.41, 5.74) is 4.96. The maximum Gasteiger partial charge on any atom is 0.231 e. The van der Waals surface area contributed by atoms with Crippen molar-refractivity contribution < 1.29 is 4.42 Å². The summed E-state index contributed by atoms with van der Waals surface area (Å²) in [6.07, 6.45) is 1.62. The van der Waals surface area contributed by atoms with E-state index in [2.05, 4.69) is 74.5 Å². The van der Waals surface area contributed by atoms with Crippen molar-refractivity contribution in [1.29, 1.82) is 0 Å². The molecule has 0 bridgehead atoms. The summed E-state index contributed by atoms with van der Waals surface area (Å²) in [7, 11) is 0. The minimum absolute atomic E-state index is 0.0431. The number of thiophene rings is 2. The van der Waals surface area contributed by atoms with E-state index < -0.39 is 0 Å². The van der Waals surface area contributed by atoms with Crippen LogP contribution in [0.4, 0.5) is 0 Å². The van der Waals surface area contributed by atoms with Crippen molar-refractivity contribution >= 4 is 64.9 Å². The Balaban J connectivity index is 1.76. The average molecular weight is 429 g/mol. The van der Waals surface area contributed by atoms with Gasteiger partial charge in [-0.1, -0.05) is 20.8 Å². The summed E-state index contributed by atoms with van der Waals surface area (Å²) >= 11 is 3.62. The van der Waals surface area contributed by atoms with Gasteiger partial charge in [0.1, 0.15) is 11.9 Å². The van der Waals surface area contributed by atoms with Crippen LogP contribution in [-0.4, -0.2) is 9.97 Å². The van der Waals surface area contributed by atoms with Gasteiger partial charge in [0.25, 0.3) is 0 Å². The normalized spacial score (nSPS) is 12.7. The fourth-order valence-corrected chi connectivity index (χ4v) is 6.37. The van der Waals surface area contributed by atoms with Crippen LogP contribution in [-0.2, 0) is 5.41 Å². The van der Waals surface area contributed by atoms with Crippen LogP contribution in [0, 0.1) is 6.92 Å². The molecule has 3 nitrogen and oxygen atoms in total. The van der Waals surface area contributed by atoms with E-state index >= 15 is 0 Å². The Morgan fingerprint density at radius 2 is 1.83 bits per heavy atom. The van der Waals surface area contributed by atoms with Crippen molar-refractivity contribution in [3.8, 4) is 11.3 Å². The standard InChI is InChI=1S/C25H20N2OS2/c1-13-9-16-19(30-13)6-5-18-20(16)21-22(26-12-27-24(21)28-18)15-10-14-7-8-29-23(14)17(11-15)25(2,3)4/h5-12H,1-4H3. The van der Waals surface area contributed by atoms with Crippen molar-refractivity contribution in [2.45, 2.75) is 33.1 Å². The molecule has 0 atom stereocenters. The lowest BCUT2D eigenvalue weighted by atomic mass is 9.85. The molecule has 0 aliphatic carbocycles. The molecule has 0 N–H and O–H groups in total. The van der Waals surface area contributed by atoms with E-state index in [1.165, 1.54) is 30.6 Å². The minimum Gasteiger partial charge on any atom is -0.438 e. The first-order valence-corrected chi connectivity index (χ1v) is 11.7. The lowest BCUT2D eigenvalue weighted by Crippen LogP contribution is -2.11. The van der Waals surface area contributed by atoms with Crippen LogP contribution in [0.25, 0.3) is 53.5 Å². The first-order chi connectivity index (χ1) is 14.4. The molecule has 5 heteroatoms. The van der Waals surface area contributed by atoms with E-state index in [0.29, 0.717) is 5.71 Å². The second kappa shape index (κ2) is 6.13. The molecular formula is C25H20N2OS2. The highest BCUT2D eigenvalue weighted by Gasteiger charge is 2.22. The fraction of sp³-hybridized carbons (Fsp3) is 0.200. The molecule has 0 radical (unpaired) electrons. The molecule has 0 aliphatic heterocycles. The molecule has 0 saturated heterocycles. The molecule has 0 amide bonds. The smallest absolute Gasteiger partial charge is 0.231 e. The van der Waals surface area contributed by atoms with Gasteiger partial charge < -0.3 is 4.42 Å². The van der Waals surface area contributed by atoms with Crippen LogP contribution in [0.5, 0.6) is 0 Å². The van der Waals surface area contributed by atoms with Crippen molar-refractivity contribution in [3.63, 3.8) is 0 Å². The first kappa shape index (κ1) is 18.0. The predicted octanol–water partition coefficient (Wildman–Crippen LogP) is 8.08. The SMILES string of the molecule is Cc1cc2c(ccc3oc4ncnc(-c5cc(C(C)(C)C)c6sccc6c5)c4c32)s1. The number of benzene rings is 2. The molecule has 148 valence electrons. The van der Waals surface area contributed by atoms with Gasteiger partial charge >= 0.3 is 0 Å². The Morgan fingerprint density at radius 3 is 2.67 bits per heavy atom. The van der Waals surface area contributed by atoms with Gasteiger partial charge in [-0.15, -0.1) is 22.7 Å². The fourth-order valence-electron chi connectivity index (χ4n) is 4.33. The number of hydrogen-bond acceptors (Lipinski definition) is 5. The van der Waals surface area contributed by atoms with Crippen molar-refractivity contribution in [2.24, 2.45) is 0 Å². The summed E-state index contributed by atoms with van der Waals surface area (Å²) in [5.74, 6) is 0.